The SMILES string of the molecule is COc1cc(C)c(NCC(=O)Nc2cccc([N+](=O)[O-])c2)cc1OC. The number of rotatable bonds is 7. The minimum absolute atomic E-state index is 0.000977. The van der Waals surface area contributed by atoms with Crippen molar-refractivity contribution in [1.29, 1.82) is 0 Å². The van der Waals surface area contributed by atoms with E-state index in [1.54, 1.807) is 25.3 Å². The van der Waals surface area contributed by atoms with Crippen molar-refractivity contribution < 1.29 is 19.2 Å². The van der Waals surface area contributed by atoms with Gasteiger partial charge in [-0.1, -0.05) is 6.07 Å². The maximum Gasteiger partial charge on any atom is 0.271 e. The molecule has 2 aromatic rings. The number of aryl methyl sites for hydroxylation is 1. The molecule has 0 radical (unpaired) electrons. The fourth-order valence-corrected chi connectivity index (χ4v) is 2.25. The first-order chi connectivity index (χ1) is 11.9. The third kappa shape index (κ3) is 4.60. The highest BCUT2D eigenvalue weighted by Gasteiger charge is 2.11. The van der Waals surface area contributed by atoms with Gasteiger partial charge in [0.1, 0.15) is 0 Å². The maximum atomic E-state index is 12.1. The number of amides is 1. The topological polar surface area (TPSA) is 103 Å². The van der Waals surface area contributed by atoms with Crippen LogP contribution in [0.1, 0.15) is 5.56 Å². The Bertz CT molecular complexity index is 792. The van der Waals surface area contributed by atoms with Crippen LogP contribution in [0.25, 0.3) is 0 Å². The fourth-order valence-electron chi connectivity index (χ4n) is 2.25. The predicted octanol–water partition coefficient (Wildman–Crippen LogP) is 2.97. The molecule has 2 N–H and O–H groups in total. The number of nitro groups is 1. The zero-order valence-corrected chi connectivity index (χ0v) is 14.2. The number of anilines is 2. The number of benzene rings is 2. The highest BCUT2D eigenvalue weighted by atomic mass is 16.6. The molecular weight excluding hydrogens is 326 g/mol. The van der Waals surface area contributed by atoms with Crippen LogP contribution in [-0.2, 0) is 4.79 Å². The first kappa shape index (κ1) is 18.1. The molecule has 0 aliphatic rings. The molecule has 0 saturated heterocycles. The van der Waals surface area contributed by atoms with Gasteiger partial charge in [0, 0.05) is 29.6 Å². The van der Waals surface area contributed by atoms with E-state index in [2.05, 4.69) is 10.6 Å². The van der Waals surface area contributed by atoms with Crippen molar-refractivity contribution in [3.8, 4) is 11.5 Å². The Morgan fingerprint density at radius 2 is 1.84 bits per heavy atom. The molecule has 0 saturated carbocycles. The van der Waals surface area contributed by atoms with E-state index in [0.717, 1.165) is 11.3 Å². The van der Waals surface area contributed by atoms with Crippen molar-refractivity contribution in [2.45, 2.75) is 6.92 Å². The number of nitrogens with one attached hydrogen (secondary N) is 2. The van der Waals surface area contributed by atoms with E-state index in [1.165, 1.54) is 25.3 Å². The summed E-state index contributed by atoms with van der Waals surface area (Å²) in [7, 11) is 3.09. The summed E-state index contributed by atoms with van der Waals surface area (Å²) in [5, 5.41) is 16.4. The summed E-state index contributed by atoms with van der Waals surface area (Å²) in [5.74, 6) is 0.830. The van der Waals surface area contributed by atoms with E-state index in [-0.39, 0.29) is 18.1 Å². The smallest absolute Gasteiger partial charge is 0.271 e. The van der Waals surface area contributed by atoms with Crippen LogP contribution in [-0.4, -0.2) is 31.6 Å². The molecule has 0 aromatic heterocycles. The zero-order valence-electron chi connectivity index (χ0n) is 14.2. The summed E-state index contributed by atoms with van der Waals surface area (Å²) in [4.78, 5) is 22.3. The standard InChI is InChI=1S/C17H19N3O5/c1-11-7-15(24-2)16(25-3)9-14(11)18-10-17(21)19-12-5-4-6-13(8-12)20(22)23/h4-9,18H,10H2,1-3H3,(H,19,21). The molecule has 8 nitrogen and oxygen atoms in total. The van der Waals surface area contributed by atoms with Crippen LogP contribution >= 0.6 is 0 Å². The molecule has 0 spiro atoms. The van der Waals surface area contributed by atoms with Crippen molar-refractivity contribution in [2.75, 3.05) is 31.4 Å². The Labute approximate surface area is 144 Å². The van der Waals surface area contributed by atoms with Gasteiger partial charge >= 0.3 is 0 Å². The lowest BCUT2D eigenvalue weighted by molar-refractivity contribution is -0.384. The van der Waals surface area contributed by atoms with Crippen molar-refractivity contribution in [2.24, 2.45) is 0 Å². The highest BCUT2D eigenvalue weighted by Crippen LogP contribution is 2.32. The van der Waals surface area contributed by atoms with Crippen LogP contribution in [0.4, 0.5) is 17.1 Å². The fraction of sp³-hybridized carbons (Fsp3) is 0.235. The molecule has 0 bridgehead atoms. The Morgan fingerprint density at radius 3 is 2.48 bits per heavy atom. The number of nitrogens with zero attached hydrogens (tertiary/aromatic N) is 1. The largest absolute Gasteiger partial charge is 0.493 e. The molecule has 0 unspecified atom stereocenters. The number of hydrogen-bond donors (Lipinski definition) is 2. The molecular formula is C17H19N3O5. The lowest BCUT2D eigenvalue weighted by atomic mass is 10.1. The lowest BCUT2D eigenvalue weighted by Crippen LogP contribution is -2.22. The second-order valence-electron chi connectivity index (χ2n) is 5.23. The number of nitro benzene ring substituents is 1. The molecule has 25 heavy (non-hydrogen) atoms. The van der Waals surface area contributed by atoms with Gasteiger partial charge in [-0.05, 0) is 24.6 Å². The zero-order chi connectivity index (χ0) is 18.4. The Hall–Kier alpha value is -3.29. The number of ether oxygens (including phenoxy) is 2. The predicted molar refractivity (Wildman–Crippen MR) is 94.5 cm³/mol. The van der Waals surface area contributed by atoms with Gasteiger partial charge in [0.05, 0.1) is 25.7 Å². The van der Waals surface area contributed by atoms with Gasteiger partial charge < -0.3 is 20.1 Å². The van der Waals surface area contributed by atoms with E-state index in [9.17, 15) is 14.9 Å². The lowest BCUT2D eigenvalue weighted by Gasteiger charge is -2.14. The number of carbonyl (C=O) groups is 1. The number of methoxy groups -OCH3 is 2. The minimum Gasteiger partial charge on any atom is -0.493 e. The molecule has 0 heterocycles. The second-order valence-corrected chi connectivity index (χ2v) is 5.23. The van der Waals surface area contributed by atoms with E-state index in [4.69, 9.17) is 9.47 Å². The van der Waals surface area contributed by atoms with Gasteiger partial charge in [0.25, 0.3) is 5.69 Å². The van der Waals surface area contributed by atoms with E-state index >= 15 is 0 Å². The summed E-state index contributed by atoms with van der Waals surface area (Å²) >= 11 is 0. The van der Waals surface area contributed by atoms with Crippen LogP contribution in [0.3, 0.4) is 0 Å². The molecule has 0 fully saturated rings. The first-order valence-corrected chi connectivity index (χ1v) is 7.45. The van der Waals surface area contributed by atoms with Crippen molar-refractivity contribution in [1.82, 2.24) is 0 Å². The van der Waals surface area contributed by atoms with Crippen LogP contribution in [0.2, 0.25) is 0 Å². The summed E-state index contributed by atoms with van der Waals surface area (Å²) in [6.45, 7) is 1.88. The van der Waals surface area contributed by atoms with Gasteiger partial charge in [0.15, 0.2) is 11.5 Å². The van der Waals surface area contributed by atoms with E-state index < -0.39 is 4.92 Å². The second kappa shape index (κ2) is 8.00. The summed E-state index contributed by atoms with van der Waals surface area (Å²) in [6, 6.07) is 9.32. The van der Waals surface area contributed by atoms with Gasteiger partial charge in [-0.25, -0.2) is 0 Å². The van der Waals surface area contributed by atoms with Gasteiger partial charge in [-0.2, -0.15) is 0 Å². The third-order valence-corrected chi connectivity index (χ3v) is 3.51. The third-order valence-electron chi connectivity index (χ3n) is 3.51. The maximum absolute atomic E-state index is 12.1. The molecule has 132 valence electrons. The van der Waals surface area contributed by atoms with E-state index in [1.807, 2.05) is 6.92 Å². The average Bonchev–Trinajstić information content (AvgIpc) is 2.60. The van der Waals surface area contributed by atoms with E-state index in [0.29, 0.717) is 17.2 Å². The van der Waals surface area contributed by atoms with Crippen molar-refractivity contribution in [3.63, 3.8) is 0 Å². The number of carbonyl (C=O) groups excluding carboxylic acids is 1. The van der Waals surface area contributed by atoms with Crippen LogP contribution < -0.4 is 20.1 Å². The summed E-state index contributed by atoms with van der Waals surface area (Å²) < 4.78 is 10.5. The van der Waals surface area contributed by atoms with Crippen molar-refractivity contribution >= 4 is 23.0 Å². The van der Waals surface area contributed by atoms with Crippen molar-refractivity contribution in [3.05, 3.63) is 52.1 Å². The molecule has 2 rings (SSSR count). The van der Waals surface area contributed by atoms with Gasteiger partial charge in [0.2, 0.25) is 5.91 Å². The Kier molecular flexibility index (Phi) is 5.78. The number of hydrogen-bond acceptors (Lipinski definition) is 6. The Balaban J connectivity index is 2.03. The highest BCUT2D eigenvalue weighted by molar-refractivity contribution is 5.94. The molecule has 0 aliphatic heterocycles. The first-order valence-electron chi connectivity index (χ1n) is 7.45. The molecule has 0 atom stereocenters. The average molecular weight is 345 g/mol. The van der Waals surface area contributed by atoms with Gasteiger partial charge in [-0.15, -0.1) is 0 Å². The summed E-state index contributed by atoms with van der Waals surface area (Å²) in [5.41, 5.74) is 1.90. The Morgan fingerprint density at radius 1 is 1.16 bits per heavy atom. The van der Waals surface area contributed by atoms with Crippen LogP contribution in [0.15, 0.2) is 36.4 Å². The summed E-state index contributed by atoms with van der Waals surface area (Å²) in [6.07, 6.45) is 0. The van der Waals surface area contributed by atoms with Gasteiger partial charge in [-0.3, -0.25) is 14.9 Å². The minimum atomic E-state index is -0.513. The molecule has 1 amide bonds. The molecule has 2 aromatic carbocycles. The number of non-ortho nitro benzene ring substituents is 1. The molecule has 8 heteroatoms. The quantitative estimate of drug-likeness (QED) is 0.591. The monoisotopic (exact) mass is 345 g/mol. The van der Waals surface area contributed by atoms with Crippen LogP contribution in [0, 0.1) is 17.0 Å². The van der Waals surface area contributed by atoms with Crippen LogP contribution in [0.5, 0.6) is 11.5 Å². The molecule has 0 aliphatic carbocycles. The normalized spacial score (nSPS) is 10.0.